The van der Waals surface area contributed by atoms with Gasteiger partial charge >= 0.3 is 0 Å². The molecule has 0 saturated carbocycles. The maximum Gasteiger partial charge on any atom is 0.244 e. The molecule has 0 saturated heterocycles. The molecule has 20 heavy (non-hydrogen) atoms. The Balaban J connectivity index is 2.97. The van der Waals surface area contributed by atoms with Gasteiger partial charge in [-0.25, -0.2) is 13.1 Å². The summed E-state index contributed by atoms with van der Waals surface area (Å²) < 4.78 is 32.6. The Morgan fingerprint density at radius 1 is 1.40 bits per heavy atom. The highest BCUT2D eigenvalue weighted by atomic mass is 32.2. The van der Waals surface area contributed by atoms with Crippen molar-refractivity contribution in [2.75, 3.05) is 25.6 Å². The van der Waals surface area contributed by atoms with Crippen molar-refractivity contribution in [2.45, 2.75) is 37.6 Å². The molecule has 0 bridgehead atoms. The van der Waals surface area contributed by atoms with E-state index in [-0.39, 0.29) is 10.9 Å². The molecule has 0 fully saturated rings. The van der Waals surface area contributed by atoms with Gasteiger partial charge in [0.25, 0.3) is 0 Å². The number of nitrogens with zero attached hydrogens (tertiary/aromatic N) is 1. The van der Waals surface area contributed by atoms with Crippen LogP contribution in [0.15, 0.2) is 23.4 Å². The van der Waals surface area contributed by atoms with Crippen LogP contribution >= 0.6 is 0 Å². The molecule has 1 atom stereocenters. The molecule has 0 radical (unpaired) electrons. The van der Waals surface area contributed by atoms with E-state index in [1.54, 1.807) is 19.4 Å². The maximum atomic E-state index is 12.4. The van der Waals surface area contributed by atoms with Crippen LogP contribution in [0.25, 0.3) is 0 Å². The summed E-state index contributed by atoms with van der Waals surface area (Å²) in [5, 5.41) is 3.03. The summed E-state index contributed by atoms with van der Waals surface area (Å²) in [5.41, 5.74) is 0.558. The molecule has 1 rings (SSSR count). The standard InChI is InChI=1S/C13H23N3O3S/c1-4-6-11(10-19-3)16-20(17,18)13-9-14-8-7-12(13)15-5-2/h7-9,11,16H,4-6,10H2,1-3H3,(H,14,15). The SMILES string of the molecule is CCCC(COC)NS(=O)(=O)c1cnccc1NCC. The highest BCUT2D eigenvalue weighted by Crippen LogP contribution is 2.19. The highest BCUT2D eigenvalue weighted by molar-refractivity contribution is 7.89. The van der Waals surface area contributed by atoms with Gasteiger partial charge in [0.1, 0.15) is 4.90 Å². The normalized spacial score (nSPS) is 13.2. The van der Waals surface area contributed by atoms with Gasteiger partial charge in [0.05, 0.1) is 12.3 Å². The van der Waals surface area contributed by atoms with E-state index in [2.05, 4.69) is 15.0 Å². The van der Waals surface area contributed by atoms with Crippen molar-refractivity contribution in [3.63, 3.8) is 0 Å². The number of sulfonamides is 1. The van der Waals surface area contributed by atoms with Crippen molar-refractivity contribution in [1.29, 1.82) is 0 Å². The van der Waals surface area contributed by atoms with Gasteiger partial charge in [0.2, 0.25) is 10.0 Å². The Hall–Kier alpha value is -1.18. The van der Waals surface area contributed by atoms with Gasteiger partial charge in [-0.2, -0.15) is 0 Å². The lowest BCUT2D eigenvalue weighted by Gasteiger charge is -2.18. The predicted octanol–water partition coefficient (Wildman–Crippen LogP) is 1.61. The van der Waals surface area contributed by atoms with Gasteiger partial charge in [-0.05, 0) is 19.4 Å². The van der Waals surface area contributed by atoms with Crippen molar-refractivity contribution >= 4 is 15.7 Å². The van der Waals surface area contributed by atoms with Crippen molar-refractivity contribution in [2.24, 2.45) is 0 Å². The molecule has 1 aromatic rings. The quantitative estimate of drug-likeness (QED) is 0.724. The Morgan fingerprint density at radius 3 is 2.75 bits per heavy atom. The summed E-state index contributed by atoms with van der Waals surface area (Å²) in [5.74, 6) is 0. The van der Waals surface area contributed by atoms with Gasteiger partial charge in [-0.15, -0.1) is 0 Å². The van der Waals surface area contributed by atoms with Crippen LogP contribution in [0.2, 0.25) is 0 Å². The van der Waals surface area contributed by atoms with Gasteiger partial charge in [-0.1, -0.05) is 13.3 Å². The minimum Gasteiger partial charge on any atom is -0.384 e. The summed E-state index contributed by atoms with van der Waals surface area (Å²) in [6, 6.07) is 1.42. The van der Waals surface area contributed by atoms with Gasteiger partial charge in [-0.3, -0.25) is 4.98 Å². The number of methoxy groups -OCH3 is 1. The largest absolute Gasteiger partial charge is 0.384 e. The van der Waals surface area contributed by atoms with Crippen LogP contribution < -0.4 is 10.0 Å². The molecule has 0 spiro atoms. The summed E-state index contributed by atoms with van der Waals surface area (Å²) >= 11 is 0. The van der Waals surface area contributed by atoms with E-state index in [9.17, 15) is 8.42 Å². The minimum atomic E-state index is -3.61. The van der Waals surface area contributed by atoms with Gasteiger partial charge in [0, 0.05) is 32.1 Å². The zero-order valence-electron chi connectivity index (χ0n) is 12.2. The molecule has 7 heteroatoms. The third kappa shape index (κ3) is 4.73. The van der Waals surface area contributed by atoms with Gasteiger partial charge < -0.3 is 10.1 Å². The number of nitrogens with one attached hydrogen (secondary N) is 2. The number of anilines is 1. The molecule has 1 aromatic heterocycles. The second-order valence-corrected chi connectivity index (χ2v) is 6.15. The van der Waals surface area contributed by atoms with E-state index in [0.717, 1.165) is 12.8 Å². The first-order valence-corrected chi connectivity index (χ1v) is 8.22. The number of aromatic nitrogens is 1. The Morgan fingerprint density at radius 2 is 2.15 bits per heavy atom. The van der Waals surface area contributed by atoms with Crippen LogP contribution in [0, 0.1) is 0 Å². The topological polar surface area (TPSA) is 80.3 Å². The van der Waals surface area contributed by atoms with Crippen LogP contribution in [-0.2, 0) is 14.8 Å². The van der Waals surface area contributed by atoms with E-state index in [1.165, 1.54) is 6.20 Å². The fourth-order valence-electron chi connectivity index (χ4n) is 1.94. The molecule has 114 valence electrons. The molecule has 0 aliphatic heterocycles. The van der Waals surface area contributed by atoms with Gasteiger partial charge in [0.15, 0.2) is 0 Å². The second kappa shape index (κ2) is 8.18. The molecule has 1 unspecified atom stereocenters. The minimum absolute atomic E-state index is 0.166. The van der Waals surface area contributed by atoms with Crippen molar-refractivity contribution in [1.82, 2.24) is 9.71 Å². The van der Waals surface area contributed by atoms with Crippen LogP contribution in [-0.4, -0.2) is 39.7 Å². The number of hydrogen-bond acceptors (Lipinski definition) is 5. The van der Waals surface area contributed by atoms with E-state index < -0.39 is 10.0 Å². The van der Waals surface area contributed by atoms with E-state index >= 15 is 0 Å². The molecule has 0 aliphatic rings. The Kier molecular flexibility index (Phi) is 6.90. The molecule has 0 aliphatic carbocycles. The number of pyridine rings is 1. The highest BCUT2D eigenvalue weighted by Gasteiger charge is 2.22. The van der Waals surface area contributed by atoms with E-state index in [1.807, 2.05) is 13.8 Å². The second-order valence-electron chi connectivity index (χ2n) is 4.46. The molecular weight excluding hydrogens is 278 g/mol. The molecule has 2 N–H and O–H groups in total. The monoisotopic (exact) mass is 301 g/mol. The zero-order chi connectivity index (χ0) is 15.0. The number of hydrogen-bond donors (Lipinski definition) is 2. The van der Waals surface area contributed by atoms with Crippen molar-refractivity contribution in [3.8, 4) is 0 Å². The van der Waals surface area contributed by atoms with Crippen LogP contribution in [0.5, 0.6) is 0 Å². The molecule has 1 heterocycles. The first-order chi connectivity index (χ1) is 9.55. The first-order valence-electron chi connectivity index (χ1n) is 6.74. The lowest BCUT2D eigenvalue weighted by Crippen LogP contribution is -2.38. The van der Waals surface area contributed by atoms with E-state index in [4.69, 9.17) is 4.74 Å². The molecule has 6 nitrogen and oxygen atoms in total. The zero-order valence-corrected chi connectivity index (χ0v) is 13.0. The third-order valence-corrected chi connectivity index (χ3v) is 4.32. The fourth-order valence-corrected chi connectivity index (χ4v) is 3.32. The van der Waals surface area contributed by atoms with Crippen molar-refractivity contribution < 1.29 is 13.2 Å². The summed E-state index contributed by atoms with van der Waals surface area (Å²) in [6.07, 6.45) is 4.53. The maximum absolute atomic E-state index is 12.4. The van der Waals surface area contributed by atoms with Crippen molar-refractivity contribution in [3.05, 3.63) is 18.5 Å². The lowest BCUT2D eigenvalue weighted by molar-refractivity contribution is 0.171. The van der Waals surface area contributed by atoms with E-state index in [0.29, 0.717) is 18.8 Å². The van der Waals surface area contributed by atoms with Crippen LogP contribution in [0.1, 0.15) is 26.7 Å². The fraction of sp³-hybridized carbons (Fsp3) is 0.615. The van der Waals surface area contributed by atoms with Crippen LogP contribution in [0.3, 0.4) is 0 Å². The summed E-state index contributed by atoms with van der Waals surface area (Å²) in [7, 11) is -2.05. The Labute approximate surface area is 121 Å². The number of ether oxygens (including phenoxy) is 1. The molecule has 0 amide bonds. The smallest absolute Gasteiger partial charge is 0.244 e. The number of rotatable bonds is 9. The third-order valence-electron chi connectivity index (χ3n) is 2.77. The summed E-state index contributed by atoms with van der Waals surface area (Å²) in [6.45, 7) is 4.91. The molecule has 0 aromatic carbocycles. The Bertz CT molecular complexity index is 499. The lowest BCUT2D eigenvalue weighted by atomic mass is 10.2. The average molecular weight is 301 g/mol. The predicted molar refractivity (Wildman–Crippen MR) is 79.3 cm³/mol. The molecular formula is C13H23N3O3S. The summed E-state index contributed by atoms with van der Waals surface area (Å²) in [4.78, 5) is 4.07. The first kappa shape index (κ1) is 16.9. The van der Waals surface area contributed by atoms with Crippen LogP contribution in [0.4, 0.5) is 5.69 Å². The average Bonchev–Trinajstić information content (AvgIpc) is 2.40.